The third-order valence-corrected chi connectivity index (χ3v) is 16.5. The van der Waals surface area contributed by atoms with Gasteiger partial charge in [0, 0.05) is 19.6 Å². The average molecular weight is 1060 g/mol. The lowest BCUT2D eigenvalue weighted by molar-refractivity contribution is -0.143. The van der Waals surface area contributed by atoms with E-state index in [1.54, 1.807) is 0 Å². The Balaban J connectivity index is 0. The van der Waals surface area contributed by atoms with Crippen LogP contribution in [0.4, 0.5) is 0 Å². The highest BCUT2D eigenvalue weighted by Gasteiger charge is 2.04. The molecule has 0 unspecified atom stereocenters. The number of unbranched alkanes of at least 4 members (excludes halogenated alkanes) is 59. The highest BCUT2D eigenvalue weighted by atomic mass is 16.5. The summed E-state index contributed by atoms with van der Waals surface area (Å²) in [7, 11) is 0. The van der Waals surface area contributed by atoms with Crippen LogP contribution in [-0.4, -0.2) is 25.8 Å². The van der Waals surface area contributed by atoms with Crippen molar-refractivity contribution in [1.82, 2.24) is 0 Å². The maximum Gasteiger partial charge on any atom is 0.305 e. The Morgan fingerprint density at radius 2 is 0.333 bits per heavy atom. The fraction of sp³-hybridized carbons (Fsp3) is 0.986. The summed E-state index contributed by atoms with van der Waals surface area (Å²) in [6.07, 6.45) is 89.1. The van der Waals surface area contributed by atoms with Crippen molar-refractivity contribution in [3.63, 3.8) is 0 Å². The molecule has 0 aliphatic heterocycles. The lowest BCUT2D eigenvalue weighted by Gasteiger charge is -2.06. The lowest BCUT2D eigenvalue weighted by Crippen LogP contribution is -2.05. The topological polar surface area (TPSA) is 35.5 Å². The molecule has 0 atom stereocenters. The number of hydrogen-bond acceptors (Lipinski definition) is 3. The van der Waals surface area contributed by atoms with Gasteiger partial charge in [-0.2, -0.15) is 0 Å². The zero-order valence-electron chi connectivity index (χ0n) is 53.1. The first-order valence-electron chi connectivity index (χ1n) is 36.0. The summed E-state index contributed by atoms with van der Waals surface area (Å²) >= 11 is 0. The summed E-state index contributed by atoms with van der Waals surface area (Å²) in [6.45, 7) is 11.8. The second-order valence-electron chi connectivity index (χ2n) is 24.4. The Morgan fingerprint density at radius 1 is 0.187 bits per heavy atom. The predicted octanol–water partition coefficient (Wildman–Crippen LogP) is 26.6. The van der Waals surface area contributed by atoms with E-state index in [0.717, 1.165) is 26.1 Å². The first-order chi connectivity index (χ1) is 37.2. The quantitative estimate of drug-likeness (QED) is 0.0450. The van der Waals surface area contributed by atoms with E-state index in [9.17, 15) is 4.79 Å². The molecule has 0 aromatic heterocycles. The van der Waals surface area contributed by atoms with Crippen LogP contribution in [0.1, 0.15) is 439 Å². The van der Waals surface area contributed by atoms with Gasteiger partial charge in [-0.25, -0.2) is 0 Å². The molecule has 0 rings (SSSR count). The second kappa shape index (κ2) is 75.5. The van der Waals surface area contributed by atoms with Gasteiger partial charge in [0.15, 0.2) is 0 Å². The van der Waals surface area contributed by atoms with Crippen molar-refractivity contribution in [2.75, 3.05) is 19.8 Å². The van der Waals surface area contributed by atoms with Crippen molar-refractivity contribution in [3.8, 4) is 0 Å². The molecule has 3 heteroatoms. The van der Waals surface area contributed by atoms with E-state index in [2.05, 4.69) is 27.7 Å². The predicted molar refractivity (Wildman–Crippen MR) is 340 cm³/mol. The van der Waals surface area contributed by atoms with Crippen molar-refractivity contribution in [2.45, 2.75) is 439 Å². The fourth-order valence-electron chi connectivity index (χ4n) is 11.2. The Bertz CT molecular complexity index is 914. The zero-order chi connectivity index (χ0) is 54.4. The molecule has 3 nitrogen and oxygen atoms in total. The molecule has 0 aromatic carbocycles. The van der Waals surface area contributed by atoms with Crippen LogP contribution in [-0.2, 0) is 14.3 Å². The summed E-state index contributed by atoms with van der Waals surface area (Å²) in [5.74, 6) is 0.0284. The standard InChI is InChI=1S/C36H72O2.C36H74O/c1-3-5-7-9-11-13-15-17-19-21-23-25-27-29-31-33-35-38-36(37)34-32-30-28-26-24-22-20-18-16-14-12-10-8-6-4-2;1-3-5-7-9-11-13-15-17-19-21-23-25-27-29-31-33-35-37-36-34-32-30-28-26-24-22-20-18-16-14-12-10-8-6-4-2/h3-35H2,1-2H3;3-36H2,1-2H3. The second-order valence-corrected chi connectivity index (χ2v) is 24.4. The van der Waals surface area contributed by atoms with Crippen LogP contribution in [0.2, 0.25) is 0 Å². The smallest absolute Gasteiger partial charge is 0.305 e. The Morgan fingerprint density at radius 3 is 0.520 bits per heavy atom. The Labute approximate surface area is 476 Å². The van der Waals surface area contributed by atoms with Crippen molar-refractivity contribution in [3.05, 3.63) is 0 Å². The molecule has 0 saturated carbocycles. The molecule has 0 bridgehead atoms. The molecule has 75 heavy (non-hydrogen) atoms. The van der Waals surface area contributed by atoms with Crippen molar-refractivity contribution >= 4 is 5.97 Å². The molecule has 0 amide bonds. The molecule has 0 heterocycles. The molecular weight excluding hydrogens is 913 g/mol. The van der Waals surface area contributed by atoms with Gasteiger partial charge in [-0.1, -0.05) is 407 Å². The number of ether oxygens (including phenoxy) is 2. The molecule has 0 aromatic rings. The van der Waals surface area contributed by atoms with Gasteiger partial charge in [0.2, 0.25) is 0 Å². The number of carbonyl (C=O) groups is 1. The number of carbonyl (C=O) groups excluding carboxylic acids is 1. The van der Waals surface area contributed by atoms with Gasteiger partial charge in [-0.3, -0.25) is 4.79 Å². The van der Waals surface area contributed by atoms with Gasteiger partial charge in [0.1, 0.15) is 0 Å². The van der Waals surface area contributed by atoms with Crippen LogP contribution < -0.4 is 0 Å². The SMILES string of the molecule is CCCCCCCCCCCCCCCCCCOC(=O)CCCCCCCCCCCCCCCCC.CCCCCCCCCCCCCCCCCCOCCCCCCCCCCCCCCCCCC. The van der Waals surface area contributed by atoms with E-state index in [4.69, 9.17) is 9.47 Å². The molecule has 0 aliphatic carbocycles. The van der Waals surface area contributed by atoms with Gasteiger partial charge in [-0.05, 0) is 25.7 Å². The van der Waals surface area contributed by atoms with Gasteiger partial charge in [0.25, 0.3) is 0 Å². The van der Waals surface area contributed by atoms with Crippen LogP contribution in [0.3, 0.4) is 0 Å². The highest BCUT2D eigenvalue weighted by Crippen LogP contribution is 2.18. The van der Waals surface area contributed by atoms with E-state index in [-0.39, 0.29) is 5.97 Å². The maximum absolute atomic E-state index is 11.9. The molecular formula is C72H146O3. The molecule has 0 saturated heterocycles. The van der Waals surface area contributed by atoms with Crippen molar-refractivity contribution < 1.29 is 14.3 Å². The van der Waals surface area contributed by atoms with E-state index in [1.165, 1.54) is 392 Å². The number of esters is 1. The van der Waals surface area contributed by atoms with Gasteiger partial charge in [-0.15, -0.1) is 0 Å². The van der Waals surface area contributed by atoms with Crippen LogP contribution >= 0.6 is 0 Å². The monoisotopic (exact) mass is 1060 g/mol. The van der Waals surface area contributed by atoms with Crippen LogP contribution in [0.25, 0.3) is 0 Å². The van der Waals surface area contributed by atoms with Crippen LogP contribution in [0.15, 0.2) is 0 Å². The lowest BCUT2D eigenvalue weighted by atomic mass is 10.0. The highest BCUT2D eigenvalue weighted by molar-refractivity contribution is 5.69. The van der Waals surface area contributed by atoms with Crippen molar-refractivity contribution in [2.24, 2.45) is 0 Å². The van der Waals surface area contributed by atoms with E-state index >= 15 is 0 Å². The summed E-state index contributed by atoms with van der Waals surface area (Å²) in [4.78, 5) is 11.9. The summed E-state index contributed by atoms with van der Waals surface area (Å²) < 4.78 is 11.3. The van der Waals surface area contributed by atoms with E-state index in [1.807, 2.05) is 0 Å². The minimum atomic E-state index is 0.0284. The zero-order valence-corrected chi connectivity index (χ0v) is 53.1. The van der Waals surface area contributed by atoms with Crippen LogP contribution in [0.5, 0.6) is 0 Å². The fourth-order valence-corrected chi connectivity index (χ4v) is 11.2. The third-order valence-electron chi connectivity index (χ3n) is 16.5. The van der Waals surface area contributed by atoms with E-state index < -0.39 is 0 Å². The number of hydrogen-bond donors (Lipinski definition) is 0. The molecule has 0 radical (unpaired) electrons. The Kier molecular flexibility index (Phi) is 77.0. The normalized spacial score (nSPS) is 11.4. The van der Waals surface area contributed by atoms with E-state index in [0.29, 0.717) is 13.0 Å². The Hall–Kier alpha value is -0.570. The van der Waals surface area contributed by atoms with Crippen molar-refractivity contribution in [1.29, 1.82) is 0 Å². The minimum absolute atomic E-state index is 0.0284. The maximum atomic E-state index is 11.9. The first-order valence-corrected chi connectivity index (χ1v) is 36.0. The summed E-state index contributed by atoms with van der Waals surface area (Å²) in [5.41, 5.74) is 0. The molecule has 452 valence electrons. The average Bonchev–Trinajstić information content (AvgIpc) is 3.42. The van der Waals surface area contributed by atoms with Gasteiger partial charge < -0.3 is 9.47 Å². The largest absolute Gasteiger partial charge is 0.466 e. The molecule has 0 N–H and O–H groups in total. The molecule has 0 fully saturated rings. The molecule has 0 aliphatic rings. The van der Waals surface area contributed by atoms with Gasteiger partial charge in [0.05, 0.1) is 6.61 Å². The first kappa shape index (κ1) is 76.5. The summed E-state index contributed by atoms with van der Waals surface area (Å²) in [5, 5.41) is 0. The molecule has 0 spiro atoms. The minimum Gasteiger partial charge on any atom is -0.466 e. The number of rotatable bonds is 67. The third kappa shape index (κ3) is 77.7. The van der Waals surface area contributed by atoms with Crippen LogP contribution in [0, 0.1) is 0 Å². The summed E-state index contributed by atoms with van der Waals surface area (Å²) in [6, 6.07) is 0. The van der Waals surface area contributed by atoms with Gasteiger partial charge >= 0.3 is 5.97 Å².